The lowest BCUT2D eigenvalue weighted by molar-refractivity contribution is 0.503. The molecule has 0 bridgehead atoms. The lowest BCUT2D eigenvalue weighted by Gasteiger charge is -2.09. The smallest absolute Gasteiger partial charge is 0.0859 e. The largest absolute Gasteiger partial charge is 0.139 e. The summed E-state index contributed by atoms with van der Waals surface area (Å²) >= 11 is 0. The molecule has 0 aromatic carbocycles. The van der Waals surface area contributed by atoms with E-state index < -0.39 is 0 Å². The Balaban J connectivity index is 2.23. The fraction of sp³-hybridized carbons (Fsp3) is 1.00. The van der Waals surface area contributed by atoms with Gasteiger partial charge in [-0.1, -0.05) is 45.6 Å². The second kappa shape index (κ2) is 2.77. The summed E-state index contributed by atoms with van der Waals surface area (Å²) in [7, 11) is 0. The van der Waals surface area contributed by atoms with Gasteiger partial charge in [0.15, 0.2) is 0 Å². The van der Waals surface area contributed by atoms with Crippen LogP contribution in [-0.2, 0) is 0 Å². The molecule has 1 aliphatic rings. The first-order chi connectivity index (χ1) is 4.29. The number of rotatable bonds is 3. The second-order valence-electron chi connectivity index (χ2n) is 3.45. The SMILES string of the molecule is CCC(CC)C1CB1C. The Hall–Kier alpha value is 0.0649. The molecular weight excluding hydrogens is 107 g/mol. The van der Waals surface area contributed by atoms with Crippen LogP contribution in [0.2, 0.25) is 19.0 Å². The summed E-state index contributed by atoms with van der Waals surface area (Å²) in [5.41, 5.74) is 0. The van der Waals surface area contributed by atoms with E-state index in [1.165, 1.54) is 19.2 Å². The van der Waals surface area contributed by atoms with E-state index in [2.05, 4.69) is 20.7 Å². The zero-order valence-corrected chi connectivity index (χ0v) is 6.85. The molecule has 0 nitrogen and oxygen atoms in total. The van der Waals surface area contributed by atoms with Crippen LogP contribution < -0.4 is 0 Å². The first kappa shape index (κ1) is 7.18. The van der Waals surface area contributed by atoms with Gasteiger partial charge < -0.3 is 0 Å². The molecule has 1 aliphatic heterocycles. The summed E-state index contributed by atoms with van der Waals surface area (Å²) in [6, 6.07) is 0. The standard InChI is InChI=1S/C8H17B/c1-4-7(5-2)8-6-9(8)3/h7-8H,4-6H2,1-3H3. The molecule has 0 radical (unpaired) electrons. The highest BCUT2D eigenvalue weighted by Crippen LogP contribution is 2.46. The van der Waals surface area contributed by atoms with Crippen molar-refractivity contribution in [1.82, 2.24) is 0 Å². The fourth-order valence-electron chi connectivity index (χ4n) is 1.90. The van der Waals surface area contributed by atoms with E-state index in [0.29, 0.717) is 0 Å². The van der Waals surface area contributed by atoms with Crippen molar-refractivity contribution in [3.8, 4) is 0 Å². The number of hydrogen-bond acceptors (Lipinski definition) is 0. The molecule has 1 unspecified atom stereocenters. The quantitative estimate of drug-likeness (QED) is 0.507. The maximum absolute atomic E-state index is 2.38. The maximum atomic E-state index is 2.38. The van der Waals surface area contributed by atoms with Crippen LogP contribution in [0.1, 0.15) is 26.7 Å². The zero-order valence-electron chi connectivity index (χ0n) is 6.85. The Bertz CT molecular complexity index is 86.6. The summed E-state index contributed by atoms with van der Waals surface area (Å²) < 4.78 is 0. The van der Waals surface area contributed by atoms with Crippen molar-refractivity contribution in [2.24, 2.45) is 5.92 Å². The van der Waals surface area contributed by atoms with Gasteiger partial charge in [-0.15, -0.1) is 0 Å². The van der Waals surface area contributed by atoms with Crippen molar-refractivity contribution >= 4 is 6.71 Å². The van der Waals surface area contributed by atoms with Crippen LogP contribution in [0.4, 0.5) is 0 Å². The normalized spacial score (nSPS) is 25.3. The van der Waals surface area contributed by atoms with Gasteiger partial charge in [-0.05, 0) is 5.92 Å². The van der Waals surface area contributed by atoms with Gasteiger partial charge in [-0.3, -0.25) is 0 Å². The Labute approximate surface area is 59.1 Å². The van der Waals surface area contributed by atoms with Crippen LogP contribution in [-0.4, -0.2) is 6.71 Å². The van der Waals surface area contributed by atoms with E-state index >= 15 is 0 Å². The van der Waals surface area contributed by atoms with Crippen molar-refractivity contribution in [1.29, 1.82) is 0 Å². The zero-order chi connectivity index (χ0) is 6.85. The van der Waals surface area contributed by atoms with Gasteiger partial charge in [0.25, 0.3) is 0 Å². The molecule has 0 spiro atoms. The van der Waals surface area contributed by atoms with Crippen molar-refractivity contribution in [3.05, 3.63) is 0 Å². The van der Waals surface area contributed by atoms with Crippen LogP contribution in [0.5, 0.6) is 0 Å². The average molecular weight is 124 g/mol. The summed E-state index contributed by atoms with van der Waals surface area (Å²) in [5, 5.41) is 0. The van der Waals surface area contributed by atoms with Crippen LogP contribution >= 0.6 is 0 Å². The topological polar surface area (TPSA) is 0 Å². The van der Waals surface area contributed by atoms with Crippen LogP contribution in [0.15, 0.2) is 0 Å². The van der Waals surface area contributed by atoms with Crippen molar-refractivity contribution in [3.63, 3.8) is 0 Å². The third kappa shape index (κ3) is 1.50. The van der Waals surface area contributed by atoms with Gasteiger partial charge in [0.1, 0.15) is 6.71 Å². The minimum absolute atomic E-state index is 1.04. The number of hydrogen-bond donors (Lipinski definition) is 0. The van der Waals surface area contributed by atoms with Gasteiger partial charge in [0.05, 0.1) is 0 Å². The molecular formula is C8H17B. The molecule has 1 fully saturated rings. The van der Waals surface area contributed by atoms with Gasteiger partial charge in [-0.2, -0.15) is 0 Å². The lowest BCUT2D eigenvalue weighted by Crippen LogP contribution is -1.98. The fourth-order valence-corrected chi connectivity index (χ4v) is 1.90. The molecule has 0 saturated carbocycles. The molecule has 9 heavy (non-hydrogen) atoms. The highest BCUT2D eigenvalue weighted by atomic mass is 14.2. The summed E-state index contributed by atoms with van der Waals surface area (Å²) in [5.74, 6) is 2.14. The van der Waals surface area contributed by atoms with E-state index in [1.54, 1.807) is 0 Å². The Morgan fingerprint density at radius 3 is 2.00 bits per heavy atom. The van der Waals surface area contributed by atoms with Crippen LogP contribution in [0, 0.1) is 5.92 Å². The van der Waals surface area contributed by atoms with Crippen molar-refractivity contribution < 1.29 is 0 Å². The van der Waals surface area contributed by atoms with Crippen LogP contribution in [0.3, 0.4) is 0 Å². The molecule has 1 rings (SSSR count). The summed E-state index contributed by atoms with van der Waals surface area (Å²) in [6.45, 7) is 8.07. The van der Waals surface area contributed by atoms with E-state index in [1.807, 2.05) is 0 Å². The van der Waals surface area contributed by atoms with E-state index in [4.69, 9.17) is 0 Å². The molecule has 0 aromatic heterocycles. The summed E-state index contributed by atoms with van der Waals surface area (Å²) in [6.07, 6.45) is 4.30. The predicted octanol–water partition coefficient (Wildman–Crippen LogP) is 2.93. The molecule has 0 amide bonds. The third-order valence-corrected chi connectivity index (χ3v) is 2.83. The predicted molar refractivity (Wildman–Crippen MR) is 44.2 cm³/mol. The van der Waals surface area contributed by atoms with Gasteiger partial charge in [0, 0.05) is 0 Å². The summed E-state index contributed by atoms with van der Waals surface area (Å²) in [4.78, 5) is 0. The lowest BCUT2D eigenvalue weighted by atomic mass is 9.67. The van der Waals surface area contributed by atoms with Crippen LogP contribution in [0.25, 0.3) is 0 Å². The Morgan fingerprint density at radius 2 is 1.89 bits per heavy atom. The van der Waals surface area contributed by atoms with E-state index in [-0.39, 0.29) is 0 Å². The highest BCUT2D eigenvalue weighted by molar-refractivity contribution is 6.70. The maximum Gasteiger partial charge on any atom is 0.139 e. The molecule has 52 valence electrons. The molecule has 0 aliphatic carbocycles. The van der Waals surface area contributed by atoms with Crippen molar-refractivity contribution in [2.45, 2.75) is 45.6 Å². The van der Waals surface area contributed by atoms with Crippen molar-refractivity contribution in [2.75, 3.05) is 0 Å². The van der Waals surface area contributed by atoms with Gasteiger partial charge in [0.2, 0.25) is 0 Å². The van der Waals surface area contributed by atoms with Gasteiger partial charge >= 0.3 is 0 Å². The molecule has 1 heteroatoms. The third-order valence-electron chi connectivity index (χ3n) is 2.83. The molecule has 0 N–H and O–H groups in total. The molecule has 1 saturated heterocycles. The average Bonchev–Trinajstić information content (AvgIpc) is 2.51. The minimum Gasteiger partial charge on any atom is -0.0859 e. The first-order valence-electron chi connectivity index (χ1n) is 4.29. The monoisotopic (exact) mass is 124 g/mol. The highest BCUT2D eigenvalue weighted by Gasteiger charge is 2.40. The molecule has 1 atom stereocenters. The minimum atomic E-state index is 1.04. The van der Waals surface area contributed by atoms with Gasteiger partial charge in [-0.25, -0.2) is 0 Å². The molecule has 1 heterocycles. The first-order valence-corrected chi connectivity index (χ1v) is 4.29. The van der Waals surface area contributed by atoms with E-state index in [0.717, 1.165) is 18.4 Å². The Kier molecular flexibility index (Phi) is 2.20. The Morgan fingerprint density at radius 1 is 1.44 bits per heavy atom. The molecule has 0 aromatic rings. The second-order valence-corrected chi connectivity index (χ2v) is 3.45. The van der Waals surface area contributed by atoms with E-state index in [9.17, 15) is 0 Å².